The SMILES string of the molecule is Cl.Cl.O=C1C=COC1. The molecule has 0 aromatic carbocycles. The highest BCUT2D eigenvalue weighted by Crippen LogP contribution is 1.89. The number of hydrogen-bond donors (Lipinski definition) is 0. The van der Waals surface area contributed by atoms with E-state index in [9.17, 15) is 4.79 Å². The highest BCUT2D eigenvalue weighted by atomic mass is 35.5. The molecule has 0 bridgehead atoms. The Morgan fingerprint density at radius 2 is 2.12 bits per heavy atom. The van der Waals surface area contributed by atoms with Crippen molar-refractivity contribution in [2.45, 2.75) is 0 Å². The Morgan fingerprint density at radius 3 is 2.25 bits per heavy atom. The van der Waals surface area contributed by atoms with E-state index in [1.807, 2.05) is 0 Å². The highest BCUT2D eigenvalue weighted by Gasteiger charge is 1.99. The predicted molar refractivity (Wildman–Crippen MR) is 34.6 cm³/mol. The van der Waals surface area contributed by atoms with Gasteiger partial charge in [0.1, 0.15) is 6.61 Å². The van der Waals surface area contributed by atoms with E-state index in [1.165, 1.54) is 12.3 Å². The van der Waals surface area contributed by atoms with Crippen LogP contribution in [0, 0.1) is 0 Å². The number of ketones is 1. The maximum Gasteiger partial charge on any atom is 0.196 e. The van der Waals surface area contributed by atoms with Gasteiger partial charge < -0.3 is 4.74 Å². The van der Waals surface area contributed by atoms with E-state index < -0.39 is 0 Å². The molecule has 0 spiro atoms. The summed E-state index contributed by atoms with van der Waals surface area (Å²) in [6.45, 7) is 0.236. The summed E-state index contributed by atoms with van der Waals surface area (Å²) in [5.41, 5.74) is 0. The van der Waals surface area contributed by atoms with Crippen LogP contribution >= 0.6 is 24.8 Å². The van der Waals surface area contributed by atoms with Gasteiger partial charge in [0.05, 0.1) is 6.26 Å². The van der Waals surface area contributed by atoms with Crippen LogP contribution in [0.25, 0.3) is 0 Å². The van der Waals surface area contributed by atoms with Gasteiger partial charge in [0, 0.05) is 6.08 Å². The van der Waals surface area contributed by atoms with E-state index in [0.717, 1.165) is 0 Å². The summed E-state index contributed by atoms with van der Waals surface area (Å²) in [6, 6.07) is 0. The maximum absolute atomic E-state index is 10.0. The molecule has 0 radical (unpaired) electrons. The van der Waals surface area contributed by atoms with Gasteiger partial charge in [-0.05, 0) is 0 Å². The van der Waals surface area contributed by atoms with Crippen molar-refractivity contribution in [1.29, 1.82) is 0 Å². The number of carbonyl (C=O) groups excluding carboxylic acids is 1. The second kappa shape index (κ2) is 4.94. The van der Waals surface area contributed by atoms with Crippen LogP contribution in [-0.2, 0) is 9.53 Å². The molecule has 0 saturated heterocycles. The van der Waals surface area contributed by atoms with E-state index >= 15 is 0 Å². The average Bonchev–Trinajstić information content (AvgIpc) is 1.86. The largest absolute Gasteiger partial charge is 0.493 e. The van der Waals surface area contributed by atoms with Gasteiger partial charge >= 0.3 is 0 Å². The van der Waals surface area contributed by atoms with Crippen molar-refractivity contribution in [3.63, 3.8) is 0 Å². The third kappa shape index (κ3) is 2.88. The topological polar surface area (TPSA) is 26.3 Å². The lowest BCUT2D eigenvalue weighted by atomic mass is 10.5. The summed E-state index contributed by atoms with van der Waals surface area (Å²) in [5.74, 6) is 0.0509. The average molecular weight is 157 g/mol. The van der Waals surface area contributed by atoms with E-state index in [4.69, 9.17) is 0 Å². The van der Waals surface area contributed by atoms with Gasteiger partial charge in [-0.2, -0.15) is 0 Å². The third-order valence-electron chi connectivity index (χ3n) is 0.576. The van der Waals surface area contributed by atoms with Crippen molar-refractivity contribution < 1.29 is 9.53 Å². The van der Waals surface area contributed by atoms with Crippen LogP contribution in [0.3, 0.4) is 0 Å². The molecule has 0 atom stereocenters. The first-order chi connectivity index (χ1) is 2.89. The van der Waals surface area contributed by atoms with Crippen LogP contribution in [0.4, 0.5) is 0 Å². The minimum absolute atomic E-state index is 0. The summed E-state index contributed by atoms with van der Waals surface area (Å²) in [4.78, 5) is 10.0. The normalized spacial score (nSPS) is 13.8. The molecule has 0 fully saturated rings. The van der Waals surface area contributed by atoms with Crippen molar-refractivity contribution in [3.05, 3.63) is 12.3 Å². The number of rotatable bonds is 0. The number of hydrogen-bond acceptors (Lipinski definition) is 2. The minimum atomic E-state index is 0. The molecule has 0 aromatic heterocycles. The molecule has 1 rings (SSSR count). The summed E-state index contributed by atoms with van der Waals surface area (Å²) in [6.07, 6.45) is 2.82. The van der Waals surface area contributed by atoms with Gasteiger partial charge in [-0.3, -0.25) is 4.79 Å². The molecule has 8 heavy (non-hydrogen) atoms. The van der Waals surface area contributed by atoms with Crippen molar-refractivity contribution in [2.75, 3.05) is 6.61 Å². The van der Waals surface area contributed by atoms with E-state index in [1.54, 1.807) is 0 Å². The first-order valence-corrected chi connectivity index (χ1v) is 1.70. The summed E-state index contributed by atoms with van der Waals surface area (Å²) >= 11 is 0. The van der Waals surface area contributed by atoms with Crippen LogP contribution in [0.15, 0.2) is 12.3 Å². The van der Waals surface area contributed by atoms with Gasteiger partial charge in [0.25, 0.3) is 0 Å². The van der Waals surface area contributed by atoms with Gasteiger partial charge in [-0.15, -0.1) is 24.8 Å². The predicted octanol–water partition coefficient (Wildman–Crippen LogP) is 0.943. The van der Waals surface area contributed by atoms with Crippen molar-refractivity contribution >= 4 is 30.6 Å². The summed E-state index contributed by atoms with van der Waals surface area (Å²) in [7, 11) is 0. The smallest absolute Gasteiger partial charge is 0.196 e. The van der Waals surface area contributed by atoms with Crippen molar-refractivity contribution in [3.8, 4) is 0 Å². The van der Waals surface area contributed by atoms with Gasteiger partial charge in [-0.1, -0.05) is 0 Å². The van der Waals surface area contributed by atoms with Crippen molar-refractivity contribution in [1.82, 2.24) is 0 Å². The highest BCUT2D eigenvalue weighted by molar-refractivity contribution is 5.92. The molecule has 48 valence electrons. The molecule has 1 aliphatic rings. The molecule has 0 N–H and O–H groups in total. The second-order valence-corrected chi connectivity index (χ2v) is 1.08. The molecular weight excluding hydrogens is 151 g/mol. The standard InChI is InChI=1S/C4H4O2.2ClH/c5-4-1-2-6-3-4;;/h1-2H,3H2;2*1H. The zero-order valence-electron chi connectivity index (χ0n) is 3.99. The molecule has 1 aliphatic heterocycles. The van der Waals surface area contributed by atoms with E-state index in [-0.39, 0.29) is 37.2 Å². The summed E-state index contributed by atoms with van der Waals surface area (Å²) < 4.78 is 4.53. The third-order valence-corrected chi connectivity index (χ3v) is 0.576. The Bertz CT molecular complexity index is 100. The van der Waals surface area contributed by atoms with Crippen LogP contribution in [-0.4, -0.2) is 12.4 Å². The van der Waals surface area contributed by atoms with Gasteiger partial charge in [0.2, 0.25) is 0 Å². The Hall–Kier alpha value is -0.210. The van der Waals surface area contributed by atoms with Crippen LogP contribution in [0.2, 0.25) is 0 Å². The number of carbonyl (C=O) groups is 1. The summed E-state index contributed by atoms with van der Waals surface area (Å²) in [5, 5.41) is 0. The monoisotopic (exact) mass is 156 g/mol. The number of ether oxygens (including phenoxy) is 1. The Morgan fingerprint density at radius 1 is 1.50 bits per heavy atom. The molecule has 0 unspecified atom stereocenters. The first-order valence-electron chi connectivity index (χ1n) is 1.70. The second-order valence-electron chi connectivity index (χ2n) is 1.08. The van der Waals surface area contributed by atoms with Crippen LogP contribution in [0.5, 0.6) is 0 Å². The number of halogens is 2. The zero-order chi connectivity index (χ0) is 4.41. The maximum atomic E-state index is 10.0. The zero-order valence-corrected chi connectivity index (χ0v) is 5.63. The lowest BCUT2D eigenvalue weighted by Gasteiger charge is -1.79. The fraction of sp³-hybridized carbons (Fsp3) is 0.250. The van der Waals surface area contributed by atoms with Crippen LogP contribution < -0.4 is 0 Å². The molecule has 0 saturated carbocycles. The first kappa shape index (κ1) is 10.7. The fourth-order valence-corrected chi connectivity index (χ4v) is 0.302. The Balaban J connectivity index is 0. The molecule has 0 aliphatic carbocycles. The van der Waals surface area contributed by atoms with Gasteiger partial charge in [0.15, 0.2) is 5.78 Å². The molecule has 0 aromatic rings. The lowest BCUT2D eigenvalue weighted by molar-refractivity contribution is -0.115. The molecule has 4 heteroatoms. The minimum Gasteiger partial charge on any atom is -0.493 e. The molecular formula is C4H6Cl2O2. The van der Waals surface area contributed by atoms with E-state index in [2.05, 4.69) is 4.74 Å². The molecule has 2 nitrogen and oxygen atoms in total. The molecule has 1 heterocycles. The van der Waals surface area contributed by atoms with E-state index in [0.29, 0.717) is 0 Å². The Labute approximate surface area is 59.7 Å². The quantitative estimate of drug-likeness (QED) is 0.523. The van der Waals surface area contributed by atoms with Crippen LogP contribution in [0.1, 0.15) is 0 Å². The molecule has 0 amide bonds. The fourth-order valence-electron chi connectivity index (χ4n) is 0.302. The van der Waals surface area contributed by atoms with Gasteiger partial charge in [-0.25, -0.2) is 0 Å². The lowest BCUT2D eigenvalue weighted by Crippen LogP contribution is -1.91. The Kier molecular flexibility index (Phi) is 6.61. The van der Waals surface area contributed by atoms with Crippen molar-refractivity contribution in [2.24, 2.45) is 0 Å².